The van der Waals surface area contributed by atoms with E-state index in [9.17, 15) is 9.36 Å². The van der Waals surface area contributed by atoms with Gasteiger partial charge in [-0.2, -0.15) is 0 Å². The predicted molar refractivity (Wildman–Crippen MR) is 136 cm³/mol. The lowest BCUT2D eigenvalue weighted by atomic mass is 9.78. The van der Waals surface area contributed by atoms with E-state index in [4.69, 9.17) is 23.1 Å². The van der Waals surface area contributed by atoms with Gasteiger partial charge in [0.1, 0.15) is 18.6 Å². The number of carbonyl (C=O) groups excluding carboxylic acids is 1. The van der Waals surface area contributed by atoms with Crippen LogP contribution in [0.15, 0.2) is 48.5 Å². The van der Waals surface area contributed by atoms with Crippen LogP contribution in [0.1, 0.15) is 57.5 Å². The molecule has 190 valence electrons. The Hall–Kier alpha value is -2.16. The van der Waals surface area contributed by atoms with Crippen molar-refractivity contribution in [2.24, 2.45) is 0 Å². The van der Waals surface area contributed by atoms with Crippen molar-refractivity contribution in [1.82, 2.24) is 5.32 Å². The van der Waals surface area contributed by atoms with E-state index in [0.717, 1.165) is 11.0 Å². The largest absolute Gasteiger partial charge is 0.494 e. The Bertz CT molecular complexity index is 1040. The van der Waals surface area contributed by atoms with Crippen LogP contribution in [0.4, 0.5) is 0 Å². The first-order chi connectivity index (χ1) is 16.5. The third-order valence-corrected chi connectivity index (χ3v) is 7.95. The average Bonchev–Trinajstić information content (AvgIpc) is 3.04. The van der Waals surface area contributed by atoms with Gasteiger partial charge in [0.25, 0.3) is 5.91 Å². The third kappa shape index (κ3) is 6.75. The summed E-state index contributed by atoms with van der Waals surface area (Å²) in [4.78, 5) is 13.1. The van der Waals surface area contributed by atoms with E-state index in [1.807, 2.05) is 58.0 Å². The summed E-state index contributed by atoms with van der Waals surface area (Å²) < 4.78 is 41.7. The molecule has 2 aromatic carbocycles. The highest BCUT2D eigenvalue weighted by atomic mass is 31.2. The Morgan fingerprint density at radius 2 is 1.57 bits per heavy atom. The quantitative estimate of drug-likeness (QED) is 0.356. The second-order valence-corrected chi connectivity index (χ2v) is 11.3. The summed E-state index contributed by atoms with van der Waals surface area (Å²) >= 11 is 0. The maximum absolute atomic E-state index is 13.1. The molecule has 0 unspecified atom stereocenters. The van der Waals surface area contributed by atoms with Gasteiger partial charge in [0, 0.05) is 0 Å². The molecule has 0 bridgehead atoms. The fourth-order valence-electron chi connectivity index (χ4n) is 3.49. The summed E-state index contributed by atoms with van der Waals surface area (Å²) in [7, 11) is -4.04. The van der Waals surface area contributed by atoms with E-state index in [1.165, 1.54) is 0 Å². The molecule has 10 heteroatoms. The molecular formula is C25H35BNO7P. The minimum absolute atomic E-state index is 0.210. The molecule has 1 fully saturated rings. The second kappa shape index (κ2) is 11.3. The number of amides is 1. The zero-order valence-electron chi connectivity index (χ0n) is 21.3. The molecule has 35 heavy (non-hydrogen) atoms. The Kier molecular flexibility index (Phi) is 8.83. The number of rotatable bonds is 11. The van der Waals surface area contributed by atoms with Crippen LogP contribution in [0.5, 0.6) is 5.75 Å². The number of benzene rings is 2. The number of hydrogen-bond acceptors (Lipinski definition) is 7. The Morgan fingerprint density at radius 3 is 2.14 bits per heavy atom. The summed E-state index contributed by atoms with van der Waals surface area (Å²) in [5, 5.41) is 2.67. The first-order valence-corrected chi connectivity index (χ1v) is 13.6. The predicted octanol–water partition coefficient (Wildman–Crippen LogP) is 4.52. The zero-order chi connectivity index (χ0) is 25.7. The smallest absolute Gasteiger partial charge is 0.488 e. The van der Waals surface area contributed by atoms with Crippen molar-refractivity contribution < 1.29 is 32.5 Å². The van der Waals surface area contributed by atoms with Crippen molar-refractivity contribution in [2.45, 2.75) is 59.4 Å². The molecule has 2 aromatic rings. The van der Waals surface area contributed by atoms with Crippen LogP contribution in [0.3, 0.4) is 0 Å². The van der Waals surface area contributed by atoms with Crippen LogP contribution in [-0.2, 0) is 29.5 Å². The molecule has 1 saturated heterocycles. The van der Waals surface area contributed by atoms with Crippen LogP contribution in [0, 0.1) is 0 Å². The lowest BCUT2D eigenvalue weighted by molar-refractivity contribution is 0.00578. The highest BCUT2D eigenvalue weighted by molar-refractivity contribution is 7.53. The maximum atomic E-state index is 13.1. The van der Waals surface area contributed by atoms with Gasteiger partial charge in [-0.15, -0.1) is 0 Å². The third-order valence-electron chi connectivity index (χ3n) is 6.10. The summed E-state index contributed by atoms with van der Waals surface area (Å²) in [5.74, 6) is -0.0885. The second-order valence-electron chi connectivity index (χ2n) is 9.23. The topological polar surface area (TPSA) is 92.3 Å². The van der Waals surface area contributed by atoms with Crippen LogP contribution in [0.25, 0.3) is 0 Å². The van der Waals surface area contributed by atoms with E-state index in [0.29, 0.717) is 11.3 Å². The molecule has 1 heterocycles. The van der Waals surface area contributed by atoms with Crippen molar-refractivity contribution >= 4 is 26.1 Å². The van der Waals surface area contributed by atoms with Gasteiger partial charge in [-0.1, -0.05) is 36.4 Å². The van der Waals surface area contributed by atoms with Gasteiger partial charge in [-0.3, -0.25) is 9.36 Å². The molecule has 0 aromatic heterocycles. The number of nitrogens with one attached hydrogen (secondary N) is 1. The van der Waals surface area contributed by atoms with Crippen LogP contribution >= 0.6 is 7.60 Å². The standard InChI is InChI=1S/C25H35BNO7P/c1-7-31-35(29,32-8-2)18-27-23(28)21-15-14-20(26-33-24(3,4)25(5,6)34-26)16-22(21)30-17-19-12-10-9-11-13-19/h9-16H,7-8,17-18H2,1-6H3,(H,27,28). The maximum Gasteiger partial charge on any atom is 0.494 e. The summed E-state index contributed by atoms with van der Waals surface area (Å²) in [6, 6.07) is 14.8. The van der Waals surface area contributed by atoms with Crippen LogP contribution < -0.4 is 15.5 Å². The molecule has 0 aliphatic carbocycles. The van der Waals surface area contributed by atoms with Crippen molar-refractivity contribution in [3.63, 3.8) is 0 Å². The molecule has 1 amide bonds. The minimum atomic E-state index is -3.44. The van der Waals surface area contributed by atoms with E-state index in [-0.39, 0.29) is 26.1 Å². The summed E-state index contributed by atoms with van der Waals surface area (Å²) in [6.07, 6.45) is -0.245. The first-order valence-electron chi connectivity index (χ1n) is 11.8. The van der Waals surface area contributed by atoms with E-state index < -0.39 is 31.8 Å². The van der Waals surface area contributed by atoms with Gasteiger partial charge in [0.2, 0.25) is 0 Å². The van der Waals surface area contributed by atoms with Crippen molar-refractivity contribution in [2.75, 3.05) is 19.5 Å². The van der Waals surface area contributed by atoms with Crippen molar-refractivity contribution in [3.8, 4) is 5.75 Å². The average molecular weight is 503 g/mol. The summed E-state index contributed by atoms with van der Waals surface area (Å²) in [5.41, 5.74) is 0.979. The zero-order valence-corrected chi connectivity index (χ0v) is 22.2. The molecule has 0 atom stereocenters. The molecule has 1 aliphatic heterocycles. The molecule has 8 nitrogen and oxygen atoms in total. The fraction of sp³-hybridized carbons (Fsp3) is 0.480. The lowest BCUT2D eigenvalue weighted by Crippen LogP contribution is -2.41. The minimum Gasteiger partial charge on any atom is -0.488 e. The molecular weight excluding hydrogens is 468 g/mol. The first kappa shape index (κ1) is 27.4. The number of carbonyl (C=O) groups is 1. The lowest BCUT2D eigenvalue weighted by Gasteiger charge is -2.32. The van der Waals surface area contributed by atoms with E-state index >= 15 is 0 Å². The number of hydrogen-bond donors (Lipinski definition) is 1. The summed E-state index contributed by atoms with van der Waals surface area (Å²) in [6.45, 7) is 12.1. The SMILES string of the molecule is CCOP(=O)(CNC(=O)c1ccc(B2OC(C)(C)C(C)(C)O2)cc1OCc1ccccc1)OCC. The van der Waals surface area contributed by atoms with E-state index in [1.54, 1.807) is 32.0 Å². The van der Waals surface area contributed by atoms with Gasteiger partial charge in [0.05, 0.1) is 30.0 Å². The van der Waals surface area contributed by atoms with Crippen molar-refractivity contribution in [3.05, 3.63) is 59.7 Å². The fourth-order valence-corrected chi connectivity index (χ4v) is 4.87. The molecule has 0 saturated carbocycles. The highest BCUT2D eigenvalue weighted by Crippen LogP contribution is 2.46. The van der Waals surface area contributed by atoms with Crippen LogP contribution in [-0.4, -0.2) is 43.7 Å². The molecule has 3 rings (SSSR count). The molecule has 1 N–H and O–H groups in total. The monoisotopic (exact) mass is 503 g/mol. The van der Waals surface area contributed by atoms with E-state index in [2.05, 4.69) is 5.32 Å². The van der Waals surface area contributed by atoms with Gasteiger partial charge < -0.3 is 28.4 Å². The van der Waals surface area contributed by atoms with Crippen LogP contribution in [0.2, 0.25) is 0 Å². The molecule has 0 radical (unpaired) electrons. The highest BCUT2D eigenvalue weighted by Gasteiger charge is 2.51. The van der Waals surface area contributed by atoms with Gasteiger partial charge in [-0.25, -0.2) is 0 Å². The van der Waals surface area contributed by atoms with Gasteiger partial charge in [0.15, 0.2) is 0 Å². The number of ether oxygens (including phenoxy) is 1. The molecule has 1 aliphatic rings. The van der Waals surface area contributed by atoms with Gasteiger partial charge in [-0.05, 0) is 64.7 Å². The van der Waals surface area contributed by atoms with Gasteiger partial charge >= 0.3 is 14.7 Å². The Labute approximate surface area is 208 Å². The van der Waals surface area contributed by atoms with Crippen molar-refractivity contribution in [1.29, 1.82) is 0 Å². The normalized spacial score (nSPS) is 16.8. The Balaban J connectivity index is 1.85. The molecule has 0 spiro atoms. The Morgan fingerprint density at radius 1 is 0.971 bits per heavy atom.